The van der Waals surface area contributed by atoms with Crippen molar-refractivity contribution >= 4 is 22.6 Å². The molecule has 5 rings (SSSR count). The monoisotopic (exact) mass is 560 g/mol. The van der Waals surface area contributed by atoms with E-state index in [1.807, 2.05) is 24.3 Å². The summed E-state index contributed by atoms with van der Waals surface area (Å²) in [6, 6.07) is 15.7. The van der Waals surface area contributed by atoms with E-state index in [1.165, 1.54) is 20.3 Å². The van der Waals surface area contributed by atoms with Crippen LogP contribution in [0.5, 0.6) is 28.7 Å². The number of piperidine rings is 1. The van der Waals surface area contributed by atoms with Gasteiger partial charge >= 0.3 is 5.63 Å². The molecular formula is C31H32N2O8. The number of fused-ring (bicyclic) bond motifs is 1. The Kier molecular flexibility index (Phi) is 8.30. The SMILES string of the molecule is COc1cccc(-c2cc(C(=O)Nc3cc4cc(OC)c(OC5CCNCC5)c(OC)c4oc3=O)ccc2OC)c1. The Hall–Kier alpha value is -4.70. The van der Waals surface area contributed by atoms with Crippen molar-refractivity contribution in [2.45, 2.75) is 18.9 Å². The van der Waals surface area contributed by atoms with Crippen LogP contribution in [-0.4, -0.2) is 53.5 Å². The molecule has 10 nitrogen and oxygen atoms in total. The molecule has 0 bridgehead atoms. The summed E-state index contributed by atoms with van der Waals surface area (Å²) in [5, 5.41) is 6.48. The van der Waals surface area contributed by atoms with E-state index in [9.17, 15) is 9.59 Å². The lowest BCUT2D eigenvalue weighted by Gasteiger charge is -2.25. The number of benzene rings is 3. The van der Waals surface area contributed by atoms with Gasteiger partial charge in [-0.1, -0.05) is 12.1 Å². The molecule has 0 aliphatic carbocycles. The largest absolute Gasteiger partial charge is 0.497 e. The summed E-state index contributed by atoms with van der Waals surface area (Å²) in [5.41, 5.74) is 1.26. The van der Waals surface area contributed by atoms with E-state index < -0.39 is 11.5 Å². The molecule has 1 aliphatic rings. The number of nitrogens with one attached hydrogen (secondary N) is 2. The van der Waals surface area contributed by atoms with Gasteiger partial charge in [0.15, 0.2) is 11.3 Å². The smallest absolute Gasteiger partial charge is 0.360 e. The lowest BCUT2D eigenvalue weighted by atomic mass is 10.0. The van der Waals surface area contributed by atoms with Gasteiger partial charge in [-0.25, -0.2) is 4.79 Å². The molecule has 10 heteroatoms. The zero-order valence-electron chi connectivity index (χ0n) is 23.4. The fourth-order valence-electron chi connectivity index (χ4n) is 4.87. The summed E-state index contributed by atoms with van der Waals surface area (Å²) in [5.74, 6) is 1.82. The Bertz CT molecular complexity index is 1620. The summed E-state index contributed by atoms with van der Waals surface area (Å²) in [6.45, 7) is 1.69. The van der Waals surface area contributed by atoms with Crippen molar-refractivity contribution in [3.8, 4) is 39.9 Å². The second kappa shape index (κ2) is 12.2. The molecule has 1 fully saturated rings. The van der Waals surface area contributed by atoms with Crippen molar-refractivity contribution in [3.05, 3.63) is 70.6 Å². The Balaban J connectivity index is 1.48. The minimum atomic E-state index is -0.733. The van der Waals surface area contributed by atoms with Gasteiger partial charge in [0.2, 0.25) is 11.5 Å². The predicted molar refractivity (Wildman–Crippen MR) is 155 cm³/mol. The molecular weight excluding hydrogens is 528 g/mol. The van der Waals surface area contributed by atoms with E-state index in [-0.39, 0.29) is 23.1 Å². The van der Waals surface area contributed by atoms with Gasteiger partial charge in [-0.05, 0) is 74.0 Å². The molecule has 0 saturated carbocycles. The van der Waals surface area contributed by atoms with E-state index in [0.717, 1.165) is 31.5 Å². The Labute approximate surface area is 237 Å². The fraction of sp³-hybridized carbons (Fsp3) is 0.290. The van der Waals surface area contributed by atoms with Crippen molar-refractivity contribution in [1.29, 1.82) is 0 Å². The quantitative estimate of drug-likeness (QED) is 0.276. The first-order valence-electron chi connectivity index (χ1n) is 13.2. The maximum Gasteiger partial charge on any atom is 0.360 e. The number of carbonyl (C=O) groups is 1. The van der Waals surface area contributed by atoms with Gasteiger partial charge in [0.05, 0.1) is 28.4 Å². The van der Waals surface area contributed by atoms with Gasteiger partial charge in [-0.15, -0.1) is 0 Å². The van der Waals surface area contributed by atoms with Crippen LogP contribution in [-0.2, 0) is 0 Å². The van der Waals surface area contributed by atoms with E-state index >= 15 is 0 Å². The third-order valence-electron chi connectivity index (χ3n) is 6.98. The molecule has 1 saturated heterocycles. The first-order valence-corrected chi connectivity index (χ1v) is 13.2. The standard InChI is InChI=1S/C31H32N2O8/c1-36-22-7-5-6-18(14-22)23-15-19(8-9-25(23)37-2)30(34)33-24-16-20-17-26(38-3)28(40-21-10-12-32-13-11-21)29(39-4)27(20)41-31(24)35/h5-9,14-17,21,32H,10-13H2,1-4H3,(H,33,34). The number of hydrogen-bond acceptors (Lipinski definition) is 9. The van der Waals surface area contributed by atoms with Crippen molar-refractivity contribution in [3.63, 3.8) is 0 Å². The topological polar surface area (TPSA) is 117 Å². The summed E-state index contributed by atoms with van der Waals surface area (Å²) in [6.07, 6.45) is 1.61. The second-order valence-corrected chi connectivity index (χ2v) is 9.48. The molecule has 0 spiro atoms. The molecule has 0 radical (unpaired) electrons. The predicted octanol–water partition coefficient (Wildman–Crippen LogP) is 4.88. The van der Waals surface area contributed by atoms with Gasteiger partial charge in [0.1, 0.15) is 23.3 Å². The van der Waals surface area contributed by atoms with E-state index in [1.54, 1.807) is 38.5 Å². The zero-order chi connectivity index (χ0) is 28.9. The molecule has 4 aromatic rings. The summed E-state index contributed by atoms with van der Waals surface area (Å²) in [4.78, 5) is 26.3. The highest BCUT2D eigenvalue weighted by molar-refractivity contribution is 6.06. The Morgan fingerprint density at radius 1 is 0.878 bits per heavy atom. The first kappa shape index (κ1) is 27.9. The molecule has 0 atom stereocenters. The average molecular weight is 561 g/mol. The van der Waals surface area contributed by atoms with Gasteiger partial charge in [0, 0.05) is 16.5 Å². The van der Waals surface area contributed by atoms with Crippen LogP contribution in [0.15, 0.2) is 63.8 Å². The molecule has 214 valence electrons. The number of amides is 1. The van der Waals surface area contributed by atoms with Crippen LogP contribution >= 0.6 is 0 Å². The van der Waals surface area contributed by atoms with Crippen molar-refractivity contribution in [2.24, 2.45) is 0 Å². The number of rotatable bonds is 9. The Morgan fingerprint density at radius 2 is 1.66 bits per heavy atom. The number of anilines is 1. The first-order chi connectivity index (χ1) is 19.9. The Morgan fingerprint density at radius 3 is 2.37 bits per heavy atom. The van der Waals surface area contributed by atoms with E-state index in [4.69, 9.17) is 28.1 Å². The van der Waals surface area contributed by atoms with Crippen molar-refractivity contribution in [1.82, 2.24) is 5.32 Å². The van der Waals surface area contributed by atoms with Crippen LogP contribution in [0.2, 0.25) is 0 Å². The highest BCUT2D eigenvalue weighted by atomic mass is 16.5. The minimum Gasteiger partial charge on any atom is -0.497 e. The molecule has 1 aromatic heterocycles. The molecule has 41 heavy (non-hydrogen) atoms. The maximum atomic E-state index is 13.3. The van der Waals surface area contributed by atoms with E-state index in [0.29, 0.717) is 39.5 Å². The third kappa shape index (κ3) is 5.78. The maximum absolute atomic E-state index is 13.3. The molecule has 0 unspecified atom stereocenters. The van der Waals surface area contributed by atoms with Crippen LogP contribution in [0.25, 0.3) is 22.1 Å². The lowest BCUT2D eigenvalue weighted by Crippen LogP contribution is -2.34. The van der Waals surface area contributed by atoms with Crippen molar-refractivity contribution < 1.29 is 32.9 Å². The summed E-state index contributed by atoms with van der Waals surface area (Å²) in [7, 11) is 6.15. The fourth-order valence-corrected chi connectivity index (χ4v) is 4.87. The van der Waals surface area contributed by atoms with Crippen LogP contribution in [0.3, 0.4) is 0 Å². The van der Waals surface area contributed by atoms with Crippen LogP contribution in [0, 0.1) is 0 Å². The van der Waals surface area contributed by atoms with Gasteiger partial charge < -0.3 is 38.7 Å². The molecule has 1 aliphatic heterocycles. The average Bonchev–Trinajstić information content (AvgIpc) is 3.01. The highest BCUT2D eigenvalue weighted by Gasteiger charge is 2.25. The number of methoxy groups -OCH3 is 4. The minimum absolute atomic E-state index is 0.0302. The molecule has 3 aromatic carbocycles. The number of hydrogen-bond donors (Lipinski definition) is 2. The van der Waals surface area contributed by atoms with Crippen LogP contribution in [0.1, 0.15) is 23.2 Å². The van der Waals surface area contributed by atoms with Crippen LogP contribution in [0.4, 0.5) is 5.69 Å². The highest BCUT2D eigenvalue weighted by Crippen LogP contribution is 2.44. The molecule has 1 amide bonds. The second-order valence-electron chi connectivity index (χ2n) is 9.48. The molecule has 2 N–H and O–H groups in total. The van der Waals surface area contributed by atoms with Crippen LogP contribution < -0.4 is 39.9 Å². The summed E-state index contributed by atoms with van der Waals surface area (Å²) >= 11 is 0. The lowest BCUT2D eigenvalue weighted by molar-refractivity contribution is 0.102. The molecule has 2 heterocycles. The third-order valence-corrected chi connectivity index (χ3v) is 6.98. The van der Waals surface area contributed by atoms with Gasteiger partial charge in [0.25, 0.3) is 5.91 Å². The summed E-state index contributed by atoms with van der Waals surface area (Å²) < 4.78 is 34.0. The number of carbonyl (C=O) groups excluding carboxylic acids is 1. The van der Waals surface area contributed by atoms with E-state index in [2.05, 4.69) is 10.6 Å². The zero-order valence-corrected chi connectivity index (χ0v) is 23.4. The van der Waals surface area contributed by atoms with Gasteiger partial charge in [-0.3, -0.25) is 4.79 Å². The van der Waals surface area contributed by atoms with Gasteiger partial charge in [-0.2, -0.15) is 0 Å². The number of ether oxygens (including phenoxy) is 5. The van der Waals surface area contributed by atoms with Crippen molar-refractivity contribution in [2.75, 3.05) is 46.8 Å². The normalized spacial score (nSPS) is 13.5.